The molecule has 2 saturated heterocycles. The molecule has 106 valence electrons. The average Bonchev–Trinajstić information content (AvgIpc) is 2.39. The second kappa shape index (κ2) is 6.52. The van der Waals surface area contributed by atoms with Gasteiger partial charge in [0, 0.05) is 44.0 Å². The largest absolute Gasteiger partial charge is 0.481 e. The molecule has 0 unspecified atom stereocenters. The maximum atomic E-state index is 5.62. The smallest absolute Gasteiger partial charge is 0.212 e. The van der Waals surface area contributed by atoms with Crippen molar-refractivity contribution >= 4 is 12.4 Å². The van der Waals surface area contributed by atoms with Gasteiger partial charge >= 0.3 is 0 Å². The molecule has 2 aliphatic heterocycles. The minimum atomic E-state index is 0. The number of methoxy groups -OCH3 is 1. The molecule has 0 aromatic carbocycles. The van der Waals surface area contributed by atoms with E-state index >= 15 is 0 Å². The van der Waals surface area contributed by atoms with E-state index in [9.17, 15) is 0 Å². The van der Waals surface area contributed by atoms with Crippen LogP contribution in [0.15, 0.2) is 18.3 Å². The van der Waals surface area contributed by atoms with E-state index in [0.29, 0.717) is 18.0 Å². The van der Waals surface area contributed by atoms with Crippen LogP contribution in [-0.4, -0.2) is 55.4 Å². The average molecular weight is 286 g/mol. The van der Waals surface area contributed by atoms with Crippen LogP contribution in [0.2, 0.25) is 0 Å². The molecule has 0 spiro atoms. The Bertz CT molecular complexity index is 379. The number of nitrogens with zero attached hydrogens (tertiary/aromatic N) is 2. The highest BCUT2D eigenvalue weighted by molar-refractivity contribution is 5.85. The number of ether oxygens (including phenoxy) is 2. The Labute approximate surface area is 119 Å². The topological polar surface area (TPSA) is 46.6 Å². The van der Waals surface area contributed by atoms with Crippen LogP contribution < -0.4 is 10.1 Å². The van der Waals surface area contributed by atoms with Crippen LogP contribution in [0.1, 0.15) is 5.56 Å². The first-order valence-electron chi connectivity index (χ1n) is 6.40. The molecular formula is C13H20ClN3O2. The van der Waals surface area contributed by atoms with Crippen molar-refractivity contribution in [2.45, 2.75) is 18.6 Å². The lowest BCUT2D eigenvalue weighted by Crippen LogP contribution is -2.63. The highest BCUT2D eigenvalue weighted by Crippen LogP contribution is 2.20. The van der Waals surface area contributed by atoms with Gasteiger partial charge in [-0.05, 0) is 5.56 Å². The zero-order valence-corrected chi connectivity index (χ0v) is 11.9. The first kappa shape index (κ1) is 14.5. The summed E-state index contributed by atoms with van der Waals surface area (Å²) >= 11 is 0. The molecule has 2 bridgehead atoms. The molecule has 0 radical (unpaired) electrons. The van der Waals surface area contributed by atoms with Crippen molar-refractivity contribution in [1.82, 2.24) is 15.2 Å². The van der Waals surface area contributed by atoms with Gasteiger partial charge in [-0.1, -0.05) is 6.07 Å². The maximum absolute atomic E-state index is 5.62. The van der Waals surface area contributed by atoms with E-state index in [1.165, 1.54) is 5.56 Å². The van der Waals surface area contributed by atoms with Gasteiger partial charge in [-0.2, -0.15) is 0 Å². The summed E-state index contributed by atoms with van der Waals surface area (Å²) < 4.78 is 10.7. The maximum Gasteiger partial charge on any atom is 0.212 e. The molecule has 0 amide bonds. The monoisotopic (exact) mass is 285 g/mol. The molecule has 19 heavy (non-hydrogen) atoms. The van der Waals surface area contributed by atoms with Gasteiger partial charge in [0.05, 0.1) is 20.3 Å². The van der Waals surface area contributed by atoms with Crippen molar-refractivity contribution in [3.05, 3.63) is 23.9 Å². The molecule has 2 atom stereocenters. The van der Waals surface area contributed by atoms with Crippen molar-refractivity contribution in [1.29, 1.82) is 0 Å². The summed E-state index contributed by atoms with van der Waals surface area (Å²) in [4.78, 5) is 6.79. The molecule has 2 aliphatic rings. The highest BCUT2D eigenvalue weighted by Gasteiger charge is 2.34. The van der Waals surface area contributed by atoms with Crippen molar-refractivity contribution in [2.24, 2.45) is 0 Å². The van der Waals surface area contributed by atoms with Crippen molar-refractivity contribution in [2.75, 3.05) is 33.4 Å². The zero-order chi connectivity index (χ0) is 12.4. The number of pyridine rings is 1. The van der Waals surface area contributed by atoms with E-state index in [1.54, 1.807) is 7.11 Å². The summed E-state index contributed by atoms with van der Waals surface area (Å²) in [7, 11) is 1.64. The molecule has 1 N–H and O–H groups in total. The fraction of sp³-hybridized carbons (Fsp3) is 0.615. The van der Waals surface area contributed by atoms with E-state index in [1.807, 2.05) is 12.3 Å². The molecule has 0 saturated carbocycles. The van der Waals surface area contributed by atoms with Crippen LogP contribution in [0.25, 0.3) is 0 Å². The standard InChI is InChI=1S/C13H19N3O2.ClH/c1-17-13-3-2-10(4-15-13)7-16-11-5-14-6-12(16)9-18-8-11;/h2-4,11-12,14H,5-9H2,1H3;1H/t11-,12+;. The number of hydrogen-bond donors (Lipinski definition) is 1. The summed E-state index contributed by atoms with van der Waals surface area (Å²) in [6, 6.07) is 4.98. The van der Waals surface area contributed by atoms with Gasteiger partial charge in [0.2, 0.25) is 5.88 Å². The SMILES string of the molecule is COc1ccc(CN2[C@@H]3CNC[C@H]2COC3)cn1.Cl. The normalized spacial score (nSPS) is 26.6. The molecule has 1 aromatic heterocycles. The Balaban J connectivity index is 0.00000133. The van der Waals surface area contributed by atoms with Gasteiger partial charge in [0.1, 0.15) is 0 Å². The van der Waals surface area contributed by atoms with Gasteiger partial charge in [-0.3, -0.25) is 4.90 Å². The number of halogens is 1. The van der Waals surface area contributed by atoms with E-state index in [4.69, 9.17) is 9.47 Å². The van der Waals surface area contributed by atoms with Crippen LogP contribution in [0, 0.1) is 0 Å². The van der Waals surface area contributed by atoms with Gasteiger partial charge in [-0.15, -0.1) is 12.4 Å². The predicted molar refractivity (Wildman–Crippen MR) is 74.8 cm³/mol. The summed E-state index contributed by atoms with van der Waals surface area (Å²) in [6.07, 6.45) is 1.90. The lowest BCUT2D eigenvalue weighted by molar-refractivity contribution is -0.0689. The molecule has 1 aromatic rings. The van der Waals surface area contributed by atoms with Crippen LogP contribution in [-0.2, 0) is 11.3 Å². The molecule has 3 rings (SSSR count). The third-order valence-corrected chi connectivity index (χ3v) is 3.69. The highest BCUT2D eigenvalue weighted by atomic mass is 35.5. The van der Waals surface area contributed by atoms with Crippen LogP contribution in [0.3, 0.4) is 0 Å². The van der Waals surface area contributed by atoms with Gasteiger partial charge in [0.15, 0.2) is 0 Å². The fourth-order valence-electron chi connectivity index (χ4n) is 2.69. The molecule has 5 nitrogen and oxygen atoms in total. The van der Waals surface area contributed by atoms with E-state index in [2.05, 4.69) is 21.3 Å². The van der Waals surface area contributed by atoms with E-state index in [-0.39, 0.29) is 12.4 Å². The number of piperazine rings is 1. The summed E-state index contributed by atoms with van der Waals surface area (Å²) in [5.41, 5.74) is 1.23. The Morgan fingerprint density at radius 1 is 1.37 bits per heavy atom. The van der Waals surface area contributed by atoms with Crippen molar-refractivity contribution < 1.29 is 9.47 Å². The number of fused-ring (bicyclic) bond motifs is 2. The molecule has 0 aliphatic carbocycles. The summed E-state index contributed by atoms with van der Waals surface area (Å²) in [6.45, 7) is 4.62. The Kier molecular flexibility index (Phi) is 4.99. The number of hydrogen-bond acceptors (Lipinski definition) is 5. The minimum Gasteiger partial charge on any atom is -0.481 e. The summed E-state index contributed by atoms with van der Waals surface area (Å²) in [5.74, 6) is 0.669. The Morgan fingerprint density at radius 2 is 2.11 bits per heavy atom. The lowest BCUT2D eigenvalue weighted by atomic mass is 10.1. The van der Waals surface area contributed by atoms with Gasteiger partial charge < -0.3 is 14.8 Å². The van der Waals surface area contributed by atoms with Crippen molar-refractivity contribution in [3.8, 4) is 5.88 Å². The molecule has 3 heterocycles. The second-order valence-corrected chi connectivity index (χ2v) is 4.88. The van der Waals surface area contributed by atoms with Gasteiger partial charge in [-0.25, -0.2) is 4.98 Å². The molecule has 6 heteroatoms. The zero-order valence-electron chi connectivity index (χ0n) is 11.0. The Morgan fingerprint density at radius 3 is 2.68 bits per heavy atom. The summed E-state index contributed by atoms with van der Waals surface area (Å²) in [5, 5.41) is 3.46. The first-order chi connectivity index (χ1) is 8.86. The number of aromatic nitrogens is 1. The van der Waals surface area contributed by atoms with Crippen LogP contribution in [0.4, 0.5) is 0 Å². The lowest BCUT2D eigenvalue weighted by Gasteiger charge is -2.46. The predicted octanol–water partition coefficient (Wildman–Crippen LogP) is 0.685. The third kappa shape index (κ3) is 3.17. The van der Waals surface area contributed by atoms with Crippen molar-refractivity contribution in [3.63, 3.8) is 0 Å². The molecule has 2 fully saturated rings. The Hall–Kier alpha value is -0.880. The fourth-order valence-corrected chi connectivity index (χ4v) is 2.69. The second-order valence-electron chi connectivity index (χ2n) is 4.88. The number of morpholine rings is 1. The number of nitrogens with one attached hydrogen (secondary N) is 1. The minimum absolute atomic E-state index is 0. The van der Waals surface area contributed by atoms with E-state index < -0.39 is 0 Å². The first-order valence-corrected chi connectivity index (χ1v) is 6.40. The van der Waals surface area contributed by atoms with E-state index in [0.717, 1.165) is 32.8 Å². The quantitative estimate of drug-likeness (QED) is 0.885. The van der Waals surface area contributed by atoms with Crippen LogP contribution in [0.5, 0.6) is 5.88 Å². The number of rotatable bonds is 3. The molecular weight excluding hydrogens is 266 g/mol. The van der Waals surface area contributed by atoms with Crippen LogP contribution >= 0.6 is 12.4 Å². The van der Waals surface area contributed by atoms with Gasteiger partial charge in [0.25, 0.3) is 0 Å². The third-order valence-electron chi connectivity index (χ3n) is 3.69.